The molecule has 26 heavy (non-hydrogen) atoms. The van der Waals surface area contributed by atoms with Crippen LogP contribution in [0.2, 0.25) is 5.02 Å². The van der Waals surface area contributed by atoms with Crippen LogP contribution >= 0.6 is 11.6 Å². The highest BCUT2D eigenvalue weighted by Gasteiger charge is 2.59. The van der Waals surface area contributed by atoms with Gasteiger partial charge in [0, 0.05) is 42.6 Å². The molecule has 2 N–H and O–H groups in total. The number of aliphatic imine (C=N–C) groups is 1. The molecule has 6 heteroatoms. The Kier molecular flexibility index (Phi) is 5.80. The van der Waals surface area contributed by atoms with Crippen LogP contribution in [-0.4, -0.2) is 57.3 Å². The molecule has 1 heterocycles. The number of hydrogen-bond acceptors (Lipinski definition) is 3. The van der Waals surface area contributed by atoms with E-state index < -0.39 is 0 Å². The van der Waals surface area contributed by atoms with E-state index in [1.807, 2.05) is 19.2 Å². The van der Waals surface area contributed by atoms with Crippen molar-refractivity contribution in [2.75, 3.05) is 34.3 Å². The van der Waals surface area contributed by atoms with Crippen LogP contribution in [0.4, 0.5) is 0 Å². The molecule has 0 amide bonds. The van der Waals surface area contributed by atoms with Gasteiger partial charge in [0.05, 0.1) is 12.1 Å². The molecular formula is C20H31ClN4O. The molecule has 1 aromatic rings. The third-order valence-corrected chi connectivity index (χ3v) is 6.21. The van der Waals surface area contributed by atoms with Crippen LogP contribution in [0.3, 0.4) is 0 Å². The number of guanidine groups is 1. The molecule has 0 bridgehead atoms. The van der Waals surface area contributed by atoms with Crippen LogP contribution < -0.4 is 10.6 Å². The Morgan fingerprint density at radius 3 is 2.65 bits per heavy atom. The van der Waals surface area contributed by atoms with Gasteiger partial charge in [0.25, 0.3) is 0 Å². The molecule has 2 aliphatic rings. The maximum absolute atomic E-state index is 6.03. The summed E-state index contributed by atoms with van der Waals surface area (Å²) in [6.07, 6.45) is 1.51. The highest BCUT2D eigenvalue weighted by Crippen LogP contribution is 2.52. The monoisotopic (exact) mass is 378 g/mol. The largest absolute Gasteiger partial charge is 0.377 e. The average Bonchev–Trinajstić information content (AvgIpc) is 3.06. The zero-order valence-corrected chi connectivity index (χ0v) is 17.2. The molecule has 5 nitrogen and oxygen atoms in total. The first-order chi connectivity index (χ1) is 12.3. The second kappa shape index (κ2) is 7.75. The molecule has 0 radical (unpaired) electrons. The number of nitrogens with zero attached hydrogens (tertiary/aromatic N) is 2. The summed E-state index contributed by atoms with van der Waals surface area (Å²) in [6, 6.07) is 8.69. The van der Waals surface area contributed by atoms with Crippen LogP contribution in [0, 0.1) is 11.3 Å². The van der Waals surface area contributed by atoms with E-state index in [1.165, 1.54) is 5.56 Å². The molecule has 1 aromatic carbocycles. The lowest BCUT2D eigenvalue weighted by Crippen LogP contribution is -2.68. The number of hydrogen-bond donors (Lipinski definition) is 2. The van der Waals surface area contributed by atoms with Gasteiger partial charge in [-0.3, -0.25) is 4.99 Å². The summed E-state index contributed by atoms with van der Waals surface area (Å²) in [4.78, 5) is 6.65. The van der Waals surface area contributed by atoms with Gasteiger partial charge in [0.1, 0.15) is 0 Å². The second-order valence-electron chi connectivity index (χ2n) is 8.17. The van der Waals surface area contributed by atoms with Gasteiger partial charge in [-0.2, -0.15) is 0 Å². The van der Waals surface area contributed by atoms with Crippen molar-refractivity contribution >= 4 is 17.6 Å². The van der Waals surface area contributed by atoms with Gasteiger partial charge in [-0.05, 0) is 38.2 Å². The maximum atomic E-state index is 6.03. The third-order valence-electron chi connectivity index (χ3n) is 5.96. The van der Waals surface area contributed by atoms with E-state index in [2.05, 4.69) is 60.6 Å². The summed E-state index contributed by atoms with van der Waals surface area (Å²) in [6.45, 7) is 6.20. The first-order valence-electron chi connectivity index (χ1n) is 9.35. The zero-order valence-electron chi connectivity index (χ0n) is 16.4. The maximum Gasteiger partial charge on any atom is 0.191 e. The minimum Gasteiger partial charge on any atom is -0.377 e. The molecule has 0 aromatic heterocycles. The highest BCUT2D eigenvalue weighted by atomic mass is 35.5. The van der Waals surface area contributed by atoms with Crippen molar-refractivity contribution in [2.24, 2.45) is 16.3 Å². The fourth-order valence-electron chi connectivity index (χ4n) is 4.44. The number of nitrogens with one attached hydrogen (secondary N) is 2. The summed E-state index contributed by atoms with van der Waals surface area (Å²) in [5.41, 5.74) is 1.37. The molecule has 1 aliphatic heterocycles. The summed E-state index contributed by atoms with van der Waals surface area (Å²) >= 11 is 6.03. The second-order valence-corrected chi connectivity index (χ2v) is 8.61. The Bertz CT molecular complexity index is 644. The van der Waals surface area contributed by atoms with Gasteiger partial charge in [0.2, 0.25) is 0 Å². The van der Waals surface area contributed by atoms with Crippen LogP contribution in [0.5, 0.6) is 0 Å². The summed E-state index contributed by atoms with van der Waals surface area (Å²) < 4.78 is 5.89. The number of fused-ring (bicyclic) bond motifs is 1. The van der Waals surface area contributed by atoms with Crippen molar-refractivity contribution in [1.29, 1.82) is 0 Å². The Hall–Kier alpha value is -1.30. The van der Waals surface area contributed by atoms with E-state index in [-0.39, 0.29) is 11.5 Å². The first-order valence-corrected chi connectivity index (χ1v) is 9.73. The quantitative estimate of drug-likeness (QED) is 0.611. The lowest BCUT2D eigenvalue weighted by atomic mass is 9.57. The van der Waals surface area contributed by atoms with E-state index >= 15 is 0 Å². The predicted molar refractivity (Wildman–Crippen MR) is 108 cm³/mol. The highest BCUT2D eigenvalue weighted by molar-refractivity contribution is 6.30. The zero-order chi connectivity index (χ0) is 18.9. The van der Waals surface area contributed by atoms with Gasteiger partial charge >= 0.3 is 0 Å². The lowest BCUT2D eigenvalue weighted by molar-refractivity contribution is -0.106. The molecule has 1 saturated heterocycles. The van der Waals surface area contributed by atoms with Crippen LogP contribution in [0.25, 0.3) is 0 Å². The SMILES string of the molecule is CN=C(NCC(c1ccc(Cl)cc1)N(C)C)NC1C2CCOC2C1(C)C. The Morgan fingerprint density at radius 1 is 1.35 bits per heavy atom. The molecule has 4 unspecified atom stereocenters. The average molecular weight is 379 g/mol. The van der Waals surface area contributed by atoms with Gasteiger partial charge in [-0.1, -0.05) is 37.6 Å². The minimum absolute atomic E-state index is 0.135. The minimum atomic E-state index is 0.135. The number of rotatable bonds is 5. The molecule has 1 saturated carbocycles. The Morgan fingerprint density at radius 2 is 2.04 bits per heavy atom. The summed E-state index contributed by atoms with van der Waals surface area (Å²) in [7, 11) is 6.01. The molecule has 2 fully saturated rings. The van der Waals surface area contributed by atoms with Crippen molar-refractivity contribution in [1.82, 2.24) is 15.5 Å². The standard InChI is InChI=1S/C20H31ClN4O/c1-20(2)17(15-10-11-26-18(15)20)24-19(22-3)23-12-16(25(4)5)13-6-8-14(21)9-7-13/h6-9,15-18H,10-12H2,1-5H3,(H2,22,23,24). The van der Waals surface area contributed by atoms with E-state index in [0.717, 1.165) is 30.6 Å². The van der Waals surface area contributed by atoms with Crippen molar-refractivity contribution in [3.8, 4) is 0 Å². The van der Waals surface area contributed by atoms with E-state index in [9.17, 15) is 0 Å². The predicted octanol–water partition coefficient (Wildman–Crippen LogP) is 2.92. The van der Waals surface area contributed by atoms with Gasteiger partial charge in [-0.25, -0.2) is 0 Å². The Balaban J connectivity index is 1.62. The van der Waals surface area contributed by atoms with Crippen molar-refractivity contribution in [3.05, 3.63) is 34.9 Å². The number of halogens is 1. The van der Waals surface area contributed by atoms with Crippen molar-refractivity contribution in [2.45, 2.75) is 38.5 Å². The van der Waals surface area contributed by atoms with E-state index in [1.54, 1.807) is 0 Å². The molecule has 1 aliphatic carbocycles. The molecule has 144 valence electrons. The fourth-order valence-corrected chi connectivity index (χ4v) is 4.56. The number of ether oxygens (including phenoxy) is 1. The fraction of sp³-hybridized carbons (Fsp3) is 0.650. The van der Waals surface area contributed by atoms with Crippen molar-refractivity contribution in [3.63, 3.8) is 0 Å². The summed E-state index contributed by atoms with van der Waals surface area (Å²) in [5.74, 6) is 1.44. The first kappa shape index (κ1) is 19.5. The smallest absolute Gasteiger partial charge is 0.191 e. The topological polar surface area (TPSA) is 48.9 Å². The lowest BCUT2D eigenvalue weighted by Gasteiger charge is -2.55. The van der Waals surface area contributed by atoms with Crippen molar-refractivity contribution < 1.29 is 4.74 Å². The van der Waals surface area contributed by atoms with E-state index in [0.29, 0.717) is 18.1 Å². The Labute approximate surface area is 162 Å². The summed E-state index contributed by atoms with van der Waals surface area (Å²) in [5, 5.41) is 7.90. The molecule has 0 spiro atoms. The molecule has 3 rings (SSSR count). The molecular weight excluding hydrogens is 348 g/mol. The van der Waals surface area contributed by atoms with Crippen LogP contribution in [0.1, 0.15) is 31.9 Å². The number of benzene rings is 1. The number of likely N-dealkylation sites (N-methyl/N-ethyl adjacent to an activating group) is 1. The molecule has 4 atom stereocenters. The van der Waals surface area contributed by atoms with Gasteiger partial charge < -0.3 is 20.3 Å². The van der Waals surface area contributed by atoms with Crippen LogP contribution in [-0.2, 0) is 4.74 Å². The van der Waals surface area contributed by atoms with E-state index in [4.69, 9.17) is 16.3 Å². The van der Waals surface area contributed by atoms with Gasteiger partial charge in [0.15, 0.2) is 5.96 Å². The normalized spacial score (nSPS) is 28.4. The third kappa shape index (κ3) is 3.71. The van der Waals surface area contributed by atoms with Gasteiger partial charge in [-0.15, -0.1) is 0 Å². The van der Waals surface area contributed by atoms with Crippen LogP contribution in [0.15, 0.2) is 29.3 Å².